The summed E-state index contributed by atoms with van der Waals surface area (Å²) in [6.07, 6.45) is 1.54. The van der Waals surface area contributed by atoms with E-state index in [4.69, 9.17) is 0 Å². The predicted octanol–water partition coefficient (Wildman–Crippen LogP) is 0.640. The van der Waals surface area contributed by atoms with Crippen molar-refractivity contribution in [3.63, 3.8) is 0 Å². The van der Waals surface area contributed by atoms with Crippen molar-refractivity contribution in [1.29, 1.82) is 0 Å². The lowest BCUT2D eigenvalue weighted by Crippen LogP contribution is -2.23. The van der Waals surface area contributed by atoms with Crippen LogP contribution in [0.4, 0.5) is 0 Å². The van der Waals surface area contributed by atoms with Gasteiger partial charge in [0.2, 0.25) is 0 Å². The maximum absolute atomic E-state index is 11.5. The number of hydrogen-bond acceptors (Lipinski definition) is 3. The molecule has 0 aliphatic rings. The molecule has 0 aromatic carbocycles. The van der Waals surface area contributed by atoms with E-state index in [1.807, 2.05) is 6.92 Å². The molecule has 0 fully saturated rings. The van der Waals surface area contributed by atoms with Crippen molar-refractivity contribution in [1.82, 2.24) is 9.29 Å². The minimum absolute atomic E-state index is 0.0862. The van der Waals surface area contributed by atoms with Gasteiger partial charge in [0.05, 0.1) is 0 Å². The Morgan fingerprint density at radius 1 is 1.31 bits per heavy atom. The van der Waals surface area contributed by atoms with Gasteiger partial charge in [-0.2, -0.15) is 0 Å². The molecule has 0 unspecified atom stereocenters. The van der Waals surface area contributed by atoms with Crippen LogP contribution in [0.3, 0.4) is 0 Å². The zero-order valence-electron chi connectivity index (χ0n) is 7.85. The quantitative estimate of drug-likeness (QED) is 0.704. The number of pyridine rings is 1. The number of nitrogens with zero attached hydrogens (tertiary/aromatic N) is 2. The summed E-state index contributed by atoms with van der Waals surface area (Å²) in [5.74, 6) is 0. The lowest BCUT2D eigenvalue weighted by atomic mass is 10.3. The highest BCUT2D eigenvalue weighted by Gasteiger charge is 2.17. The van der Waals surface area contributed by atoms with E-state index in [-0.39, 0.29) is 5.03 Å². The Labute approximate surface area is 78.3 Å². The van der Waals surface area contributed by atoms with Gasteiger partial charge in [-0.15, -0.1) is 0 Å². The molecule has 0 aliphatic carbocycles. The third-order valence-electron chi connectivity index (χ3n) is 1.63. The summed E-state index contributed by atoms with van der Waals surface area (Å²) in [6, 6.07) is 3.23. The van der Waals surface area contributed by atoms with Crippen LogP contribution in [0.25, 0.3) is 0 Å². The molecule has 4 nitrogen and oxygen atoms in total. The van der Waals surface area contributed by atoms with Crippen LogP contribution in [-0.4, -0.2) is 31.8 Å². The van der Waals surface area contributed by atoms with Gasteiger partial charge >= 0.3 is 0 Å². The highest BCUT2D eigenvalue weighted by Crippen LogP contribution is 2.09. The van der Waals surface area contributed by atoms with Crippen molar-refractivity contribution in [2.24, 2.45) is 0 Å². The molecule has 0 saturated carbocycles. The van der Waals surface area contributed by atoms with E-state index in [9.17, 15) is 8.42 Å². The average molecular weight is 200 g/mol. The molecule has 1 aromatic heterocycles. The molecule has 1 aromatic rings. The van der Waals surface area contributed by atoms with Crippen LogP contribution in [0, 0.1) is 6.92 Å². The molecule has 0 bridgehead atoms. The fourth-order valence-corrected chi connectivity index (χ4v) is 1.59. The standard InChI is InChI=1S/C8H12N2O2S/c1-7-4-5-8(9-6-7)13(11,12)10(2)3/h4-6H,1-3H3. The molecule has 72 valence electrons. The predicted molar refractivity (Wildman–Crippen MR) is 49.8 cm³/mol. The van der Waals surface area contributed by atoms with Crippen molar-refractivity contribution >= 4 is 10.0 Å². The van der Waals surface area contributed by atoms with Gasteiger partial charge in [0.1, 0.15) is 0 Å². The first-order valence-electron chi connectivity index (χ1n) is 3.80. The number of rotatable bonds is 2. The van der Waals surface area contributed by atoms with Gasteiger partial charge in [-0.1, -0.05) is 6.07 Å². The van der Waals surface area contributed by atoms with Gasteiger partial charge in [-0.3, -0.25) is 0 Å². The number of aryl methyl sites for hydroxylation is 1. The first kappa shape index (κ1) is 10.1. The minimum atomic E-state index is -3.37. The summed E-state index contributed by atoms with van der Waals surface area (Å²) < 4.78 is 24.2. The summed E-state index contributed by atoms with van der Waals surface area (Å²) in [5, 5.41) is 0.0862. The van der Waals surface area contributed by atoms with E-state index in [0.717, 1.165) is 9.87 Å². The number of aromatic nitrogens is 1. The van der Waals surface area contributed by atoms with Crippen LogP contribution in [0.5, 0.6) is 0 Å². The average Bonchev–Trinajstić information content (AvgIpc) is 2.04. The van der Waals surface area contributed by atoms with Gasteiger partial charge in [-0.05, 0) is 18.6 Å². The van der Waals surface area contributed by atoms with E-state index in [0.29, 0.717) is 0 Å². The van der Waals surface area contributed by atoms with Crippen LogP contribution in [0.2, 0.25) is 0 Å². The maximum atomic E-state index is 11.5. The number of sulfonamides is 1. The van der Waals surface area contributed by atoms with Gasteiger partial charge in [-0.25, -0.2) is 17.7 Å². The van der Waals surface area contributed by atoms with Crippen LogP contribution in [0.1, 0.15) is 5.56 Å². The molecule has 13 heavy (non-hydrogen) atoms. The fraction of sp³-hybridized carbons (Fsp3) is 0.375. The topological polar surface area (TPSA) is 50.3 Å². The highest BCUT2D eigenvalue weighted by molar-refractivity contribution is 7.89. The van der Waals surface area contributed by atoms with E-state index in [1.165, 1.54) is 26.4 Å². The van der Waals surface area contributed by atoms with Crippen molar-refractivity contribution in [3.8, 4) is 0 Å². The third kappa shape index (κ3) is 2.05. The van der Waals surface area contributed by atoms with Crippen molar-refractivity contribution < 1.29 is 8.42 Å². The zero-order chi connectivity index (χ0) is 10.1. The van der Waals surface area contributed by atoms with E-state index in [1.54, 1.807) is 6.07 Å². The van der Waals surface area contributed by atoms with Crippen LogP contribution >= 0.6 is 0 Å². The third-order valence-corrected chi connectivity index (χ3v) is 3.36. The molecule has 5 heteroatoms. The lowest BCUT2D eigenvalue weighted by Gasteiger charge is -2.09. The fourth-order valence-electron chi connectivity index (χ4n) is 0.794. The highest BCUT2D eigenvalue weighted by atomic mass is 32.2. The normalized spacial score (nSPS) is 12.0. The summed E-state index contributed by atoms with van der Waals surface area (Å²) >= 11 is 0. The molecule has 0 aliphatic heterocycles. The van der Waals surface area contributed by atoms with Crippen LogP contribution in [-0.2, 0) is 10.0 Å². The molecule has 0 radical (unpaired) electrons. The Kier molecular flexibility index (Phi) is 2.68. The van der Waals surface area contributed by atoms with Gasteiger partial charge < -0.3 is 0 Å². The zero-order valence-corrected chi connectivity index (χ0v) is 8.67. The Balaban J connectivity index is 3.17. The summed E-state index contributed by atoms with van der Waals surface area (Å²) in [6.45, 7) is 1.86. The molecule has 0 spiro atoms. The SMILES string of the molecule is Cc1ccc(S(=O)(=O)N(C)C)nc1. The van der Waals surface area contributed by atoms with Crippen molar-refractivity contribution in [3.05, 3.63) is 23.9 Å². The molecule has 0 amide bonds. The Hall–Kier alpha value is -0.940. The van der Waals surface area contributed by atoms with Gasteiger partial charge in [0.25, 0.3) is 10.0 Å². The molecule has 0 saturated heterocycles. The second-order valence-corrected chi connectivity index (χ2v) is 5.06. The van der Waals surface area contributed by atoms with E-state index in [2.05, 4.69) is 4.98 Å². The Morgan fingerprint density at radius 2 is 1.92 bits per heavy atom. The van der Waals surface area contributed by atoms with E-state index >= 15 is 0 Å². The Morgan fingerprint density at radius 3 is 2.31 bits per heavy atom. The minimum Gasteiger partial charge on any atom is -0.243 e. The van der Waals surface area contributed by atoms with Crippen LogP contribution in [0.15, 0.2) is 23.4 Å². The first-order valence-corrected chi connectivity index (χ1v) is 5.24. The van der Waals surface area contributed by atoms with Crippen LogP contribution < -0.4 is 0 Å². The first-order chi connectivity index (χ1) is 5.94. The lowest BCUT2D eigenvalue weighted by molar-refractivity contribution is 0.517. The molecule has 1 rings (SSSR count). The Bertz CT molecular complexity index is 381. The molecular weight excluding hydrogens is 188 g/mol. The molecular formula is C8H12N2O2S. The van der Waals surface area contributed by atoms with Crippen molar-refractivity contribution in [2.45, 2.75) is 11.9 Å². The smallest absolute Gasteiger partial charge is 0.243 e. The second kappa shape index (κ2) is 3.43. The second-order valence-electron chi connectivity index (χ2n) is 2.96. The molecule has 1 heterocycles. The van der Waals surface area contributed by atoms with E-state index < -0.39 is 10.0 Å². The maximum Gasteiger partial charge on any atom is 0.260 e. The largest absolute Gasteiger partial charge is 0.260 e. The van der Waals surface area contributed by atoms with Crippen molar-refractivity contribution in [2.75, 3.05) is 14.1 Å². The summed E-state index contributed by atoms with van der Waals surface area (Å²) in [5.41, 5.74) is 0.942. The molecule has 0 N–H and O–H groups in total. The molecule has 0 atom stereocenters. The van der Waals surface area contributed by atoms with Gasteiger partial charge in [0.15, 0.2) is 5.03 Å². The number of hydrogen-bond donors (Lipinski definition) is 0. The summed E-state index contributed by atoms with van der Waals surface area (Å²) in [4.78, 5) is 3.84. The van der Waals surface area contributed by atoms with Gasteiger partial charge in [0, 0.05) is 20.3 Å². The summed E-state index contributed by atoms with van der Waals surface area (Å²) in [7, 11) is -0.405. The monoisotopic (exact) mass is 200 g/mol.